The van der Waals surface area contributed by atoms with Crippen molar-refractivity contribution in [2.45, 2.75) is 18.9 Å². The topological polar surface area (TPSA) is 64.1 Å². The van der Waals surface area contributed by atoms with Crippen LogP contribution in [0.15, 0.2) is 59.6 Å². The first-order valence-electron chi connectivity index (χ1n) is 8.53. The Morgan fingerprint density at radius 1 is 1.04 bits per heavy atom. The van der Waals surface area contributed by atoms with E-state index in [-0.39, 0.29) is 11.7 Å². The second-order valence-electron chi connectivity index (χ2n) is 6.14. The lowest BCUT2D eigenvalue weighted by Crippen LogP contribution is -2.14. The molecule has 3 aromatic rings. The predicted octanol–water partition coefficient (Wildman–Crippen LogP) is 4.50. The number of carbonyl (C=O) groups is 1. The lowest BCUT2D eigenvalue weighted by atomic mass is 10.0. The first-order valence-corrected chi connectivity index (χ1v) is 9.52. The summed E-state index contributed by atoms with van der Waals surface area (Å²) in [6.07, 6.45) is 0. The van der Waals surface area contributed by atoms with Crippen LogP contribution in [0.25, 0.3) is 11.3 Å². The highest BCUT2D eigenvalue weighted by Gasteiger charge is 2.08. The fourth-order valence-corrected chi connectivity index (χ4v) is 3.27. The third-order valence-corrected chi connectivity index (χ3v) is 4.94. The minimum atomic E-state index is -0.0922. The molecule has 2 aromatic carbocycles. The van der Waals surface area contributed by atoms with Crippen molar-refractivity contribution >= 4 is 23.4 Å². The van der Waals surface area contributed by atoms with Crippen molar-refractivity contribution in [3.8, 4) is 17.0 Å². The van der Waals surface area contributed by atoms with Crippen LogP contribution in [0.3, 0.4) is 0 Å². The minimum absolute atomic E-state index is 0.0922. The van der Waals surface area contributed by atoms with Gasteiger partial charge in [-0.15, -0.1) is 10.2 Å². The third kappa shape index (κ3) is 5.08. The third-order valence-electron chi connectivity index (χ3n) is 4.02. The standard InChI is InChI=1S/C21H21N3O2S/c1-14-4-9-18(15(2)12-14)19-10-11-21(24-23-19)27-13-20(25)22-16-5-7-17(26-3)8-6-16/h4-12H,13H2,1-3H3,(H,22,25). The Morgan fingerprint density at radius 2 is 1.81 bits per heavy atom. The Balaban J connectivity index is 1.57. The van der Waals surface area contributed by atoms with Crippen molar-refractivity contribution < 1.29 is 9.53 Å². The molecule has 0 saturated heterocycles. The van der Waals surface area contributed by atoms with E-state index in [1.807, 2.05) is 12.1 Å². The molecular formula is C21H21N3O2S. The fourth-order valence-electron chi connectivity index (χ4n) is 2.65. The molecule has 0 aliphatic carbocycles. The highest BCUT2D eigenvalue weighted by Crippen LogP contribution is 2.24. The molecule has 0 fully saturated rings. The van der Waals surface area contributed by atoms with Crippen LogP contribution in [-0.2, 0) is 4.79 Å². The van der Waals surface area contributed by atoms with Gasteiger partial charge in [0, 0.05) is 11.3 Å². The summed E-state index contributed by atoms with van der Waals surface area (Å²) in [5, 5.41) is 12.1. The molecule has 0 bridgehead atoms. The molecule has 5 nitrogen and oxygen atoms in total. The molecule has 1 heterocycles. The molecule has 0 spiro atoms. The minimum Gasteiger partial charge on any atom is -0.497 e. The van der Waals surface area contributed by atoms with E-state index in [9.17, 15) is 4.79 Å². The molecule has 1 N–H and O–H groups in total. The molecule has 3 rings (SSSR count). The van der Waals surface area contributed by atoms with Gasteiger partial charge in [-0.05, 0) is 55.8 Å². The van der Waals surface area contributed by atoms with Gasteiger partial charge in [-0.2, -0.15) is 0 Å². The predicted molar refractivity (Wildman–Crippen MR) is 109 cm³/mol. The highest BCUT2D eigenvalue weighted by atomic mass is 32.2. The lowest BCUT2D eigenvalue weighted by Gasteiger charge is -2.07. The van der Waals surface area contributed by atoms with Gasteiger partial charge in [-0.3, -0.25) is 4.79 Å². The first kappa shape index (κ1) is 18.9. The van der Waals surface area contributed by atoms with Crippen LogP contribution in [0.5, 0.6) is 5.75 Å². The zero-order chi connectivity index (χ0) is 19.2. The fraction of sp³-hybridized carbons (Fsp3) is 0.190. The summed E-state index contributed by atoms with van der Waals surface area (Å²) in [6.45, 7) is 4.13. The SMILES string of the molecule is COc1ccc(NC(=O)CSc2ccc(-c3ccc(C)cc3C)nn2)cc1. The van der Waals surface area contributed by atoms with E-state index >= 15 is 0 Å². The van der Waals surface area contributed by atoms with Gasteiger partial charge in [0.05, 0.1) is 18.6 Å². The van der Waals surface area contributed by atoms with Crippen LogP contribution < -0.4 is 10.1 Å². The van der Waals surface area contributed by atoms with E-state index in [0.717, 1.165) is 22.7 Å². The normalized spacial score (nSPS) is 10.5. The number of aryl methyl sites for hydroxylation is 2. The number of nitrogens with zero attached hydrogens (tertiary/aromatic N) is 2. The molecule has 0 saturated carbocycles. The second-order valence-corrected chi connectivity index (χ2v) is 7.14. The average Bonchev–Trinajstić information content (AvgIpc) is 2.67. The maximum absolute atomic E-state index is 12.1. The van der Waals surface area contributed by atoms with E-state index in [1.54, 1.807) is 31.4 Å². The van der Waals surface area contributed by atoms with Crippen LogP contribution in [-0.4, -0.2) is 29.0 Å². The number of hydrogen-bond donors (Lipinski definition) is 1. The molecular weight excluding hydrogens is 358 g/mol. The smallest absolute Gasteiger partial charge is 0.234 e. The number of amides is 1. The van der Waals surface area contributed by atoms with E-state index in [2.05, 4.69) is 47.6 Å². The van der Waals surface area contributed by atoms with Gasteiger partial charge >= 0.3 is 0 Å². The molecule has 0 aliphatic heterocycles. The van der Waals surface area contributed by atoms with Crippen LogP contribution in [0.4, 0.5) is 5.69 Å². The average molecular weight is 379 g/mol. The number of ether oxygens (including phenoxy) is 1. The monoisotopic (exact) mass is 379 g/mol. The molecule has 0 radical (unpaired) electrons. The number of nitrogens with one attached hydrogen (secondary N) is 1. The van der Waals surface area contributed by atoms with E-state index in [4.69, 9.17) is 4.74 Å². The van der Waals surface area contributed by atoms with Crippen molar-refractivity contribution in [3.63, 3.8) is 0 Å². The molecule has 0 aliphatic rings. The number of anilines is 1. The summed E-state index contributed by atoms with van der Waals surface area (Å²) < 4.78 is 5.10. The largest absolute Gasteiger partial charge is 0.497 e. The van der Waals surface area contributed by atoms with Crippen LogP contribution in [0, 0.1) is 13.8 Å². The van der Waals surface area contributed by atoms with Gasteiger partial charge in [0.2, 0.25) is 5.91 Å². The lowest BCUT2D eigenvalue weighted by molar-refractivity contribution is -0.113. The second kappa shape index (κ2) is 8.68. The molecule has 1 amide bonds. The van der Waals surface area contributed by atoms with Gasteiger partial charge in [-0.25, -0.2) is 0 Å². The van der Waals surface area contributed by atoms with Crippen molar-refractivity contribution in [3.05, 3.63) is 65.7 Å². The Bertz CT molecular complexity index is 925. The highest BCUT2D eigenvalue weighted by molar-refractivity contribution is 7.99. The van der Waals surface area contributed by atoms with Gasteiger partial charge in [-0.1, -0.05) is 35.5 Å². The number of methoxy groups -OCH3 is 1. The molecule has 138 valence electrons. The Hall–Kier alpha value is -2.86. The summed E-state index contributed by atoms with van der Waals surface area (Å²) in [5.74, 6) is 0.927. The molecule has 6 heteroatoms. The van der Waals surface area contributed by atoms with Crippen molar-refractivity contribution in [1.82, 2.24) is 10.2 Å². The summed E-state index contributed by atoms with van der Waals surface area (Å²) in [4.78, 5) is 12.1. The van der Waals surface area contributed by atoms with Gasteiger partial charge in [0.25, 0.3) is 0 Å². The summed E-state index contributed by atoms with van der Waals surface area (Å²) in [6, 6.07) is 17.3. The van der Waals surface area contributed by atoms with Crippen LogP contribution in [0.2, 0.25) is 0 Å². The summed E-state index contributed by atoms with van der Waals surface area (Å²) in [7, 11) is 1.61. The maximum Gasteiger partial charge on any atom is 0.234 e. The van der Waals surface area contributed by atoms with Gasteiger partial charge in [0.1, 0.15) is 10.8 Å². The zero-order valence-electron chi connectivity index (χ0n) is 15.5. The van der Waals surface area contributed by atoms with Gasteiger partial charge < -0.3 is 10.1 Å². The maximum atomic E-state index is 12.1. The Labute approximate surface area is 163 Å². The van der Waals surface area contributed by atoms with Crippen molar-refractivity contribution in [1.29, 1.82) is 0 Å². The number of aromatic nitrogens is 2. The Morgan fingerprint density at radius 3 is 2.44 bits per heavy atom. The summed E-state index contributed by atoms with van der Waals surface area (Å²) >= 11 is 1.36. The molecule has 0 atom stereocenters. The van der Waals surface area contributed by atoms with Crippen molar-refractivity contribution in [2.24, 2.45) is 0 Å². The Kier molecular flexibility index (Phi) is 6.08. The first-order chi connectivity index (χ1) is 13.0. The van der Waals surface area contributed by atoms with Crippen molar-refractivity contribution in [2.75, 3.05) is 18.2 Å². The number of hydrogen-bond acceptors (Lipinski definition) is 5. The number of benzene rings is 2. The van der Waals surface area contributed by atoms with E-state index in [1.165, 1.54) is 22.9 Å². The number of rotatable bonds is 6. The molecule has 1 aromatic heterocycles. The molecule has 0 unspecified atom stereocenters. The molecule has 27 heavy (non-hydrogen) atoms. The van der Waals surface area contributed by atoms with E-state index in [0.29, 0.717) is 5.03 Å². The van der Waals surface area contributed by atoms with E-state index < -0.39 is 0 Å². The summed E-state index contributed by atoms with van der Waals surface area (Å²) in [5.41, 5.74) is 5.03. The van der Waals surface area contributed by atoms with Crippen LogP contribution >= 0.6 is 11.8 Å². The quantitative estimate of drug-likeness (QED) is 0.639. The zero-order valence-corrected chi connectivity index (χ0v) is 16.3. The van der Waals surface area contributed by atoms with Gasteiger partial charge in [0.15, 0.2) is 0 Å². The number of carbonyl (C=O) groups excluding carboxylic acids is 1. The number of thioether (sulfide) groups is 1. The van der Waals surface area contributed by atoms with Crippen LogP contribution in [0.1, 0.15) is 11.1 Å².